The van der Waals surface area contributed by atoms with E-state index in [9.17, 15) is 4.79 Å². The van der Waals surface area contributed by atoms with Gasteiger partial charge in [0.05, 0.1) is 6.54 Å². The molecule has 1 saturated heterocycles. The maximum absolute atomic E-state index is 11.6. The lowest BCUT2D eigenvalue weighted by atomic mass is 10.0. The molecule has 0 spiro atoms. The maximum Gasteiger partial charge on any atom is 0.234 e. The largest absolute Gasteiger partial charge is 0.354 e. The molecule has 2 N–H and O–H groups in total. The minimum Gasteiger partial charge on any atom is -0.354 e. The van der Waals surface area contributed by atoms with Crippen LogP contribution in [0.15, 0.2) is 0 Å². The van der Waals surface area contributed by atoms with E-state index in [0.29, 0.717) is 12.6 Å². The molecule has 2 rings (SSSR count). The number of hydrogen-bond acceptors (Lipinski definition) is 3. The molecule has 0 radical (unpaired) electrons. The Balaban J connectivity index is 1.49. The fourth-order valence-electron chi connectivity index (χ4n) is 2.60. The van der Waals surface area contributed by atoms with Crippen LogP contribution in [0.25, 0.3) is 0 Å². The Morgan fingerprint density at radius 2 is 2.11 bits per heavy atom. The highest BCUT2D eigenvalue weighted by molar-refractivity contribution is 5.77. The second kappa shape index (κ2) is 7.10. The Kier molecular flexibility index (Phi) is 5.45. The number of amides is 1. The van der Waals surface area contributed by atoms with Crippen molar-refractivity contribution in [1.82, 2.24) is 15.5 Å². The van der Waals surface area contributed by atoms with Crippen LogP contribution in [-0.4, -0.2) is 49.6 Å². The predicted octanol–water partition coefficient (Wildman–Crippen LogP) is 0.977. The number of piperidine rings is 1. The minimum atomic E-state index is 0.139. The quantitative estimate of drug-likeness (QED) is 0.711. The van der Waals surface area contributed by atoms with Gasteiger partial charge in [0.1, 0.15) is 0 Å². The van der Waals surface area contributed by atoms with Gasteiger partial charge in [-0.15, -0.1) is 0 Å². The third kappa shape index (κ3) is 4.94. The lowest BCUT2D eigenvalue weighted by molar-refractivity contribution is -0.120. The third-order valence-corrected chi connectivity index (χ3v) is 4.08. The Bertz CT molecular complexity index is 266. The molecule has 1 unspecified atom stereocenters. The van der Waals surface area contributed by atoms with Crippen LogP contribution in [0.2, 0.25) is 0 Å². The van der Waals surface area contributed by atoms with E-state index in [0.717, 1.165) is 25.6 Å². The van der Waals surface area contributed by atoms with Crippen LogP contribution in [0.3, 0.4) is 0 Å². The molecular weight excluding hydrogens is 226 g/mol. The van der Waals surface area contributed by atoms with Crippen molar-refractivity contribution >= 4 is 5.91 Å². The third-order valence-electron chi connectivity index (χ3n) is 4.08. The molecule has 0 aromatic carbocycles. The Morgan fingerprint density at radius 1 is 1.28 bits per heavy atom. The molecule has 0 bridgehead atoms. The molecule has 1 aliphatic heterocycles. The average Bonchev–Trinajstić information content (AvgIpc) is 3.16. The fourth-order valence-corrected chi connectivity index (χ4v) is 2.60. The molecule has 1 atom stereocenters. The summed E-state index contributed by atoms with van der Waals surface area (Å²) in [5.41, 5.74) is 0. The van der Waals surface area contributed by atoms with Gasteiger partial charge in [-0.1, -0.05) is 6.42 Å². The number of carbonyl (C=O) groups is 1. The maximum atomic E-state index is 11.6. The van der Waals surface area contributed by atoms with Gasteiger partial charge in [0.25, 0.3) is 0 Å². The number of nitrogens with one attached hydrogen (secondary N) is 2. The Hall–Kier alpha value is -0.610. The first kappa shape index (κ1) is 13.8. The highest BCUT2D eigenvalue weighted by Crippen LogP contribution is 2.27. The number of nitrogens with zero attached hydrogens (tertiary/aromatic N) is 1. The Labute approximate surface area is 110 Å². The van der Waals surface area contributed by atoms with Crippen LogP contribution in [-0.2, 0) is 4.79 Å². The summed E-state index contributed by atoms with van der Waals surface area (Å²) in [6.45, 7) is 6.75. The van der Waals surface area contributed by atoms with Gasteiger partial charge in [0.2, 0.25) is 5.91 Å². The molecule has 18 heavy (non-hydrogen) atoms. The van der Waals surface area contributed by atoms with Gasteiger partial charge in [-0.05, 0) is 51.6 Å². The zero-order chi connectivity index (χ0) is 12.8. The second-order valence-electron chi connectivity index (χ2n) is 5.81. The van der Waals surface area contributed by atoms with Crippen molar-refractivity contribution < 1.29 is 4.79 Å². The summed E-state index contributed by atoms with van der Waals surface area (Å²) in [5, 5.41) is 6.22. The number of carbonyl (C=O) groups excluding carboxylic acids is 1. The lowest BCUT2D eigenvalue weighted by Gasteiger charge is -2.33. The van der Waals surface area contributed by atoms with Crippen molar-refractivity contribution in [2.24, 2.45) is 5.92 Å². The van der Waals surface area contributed by atoms with Gasteiger partial charge in [-0.3, -0.25) is 9.69 Å². The molecule has 0 aromatic rings. The standard InChI is InChI=1S/C14H27N3O/c1-12-4-2-3-8-17(12)9-7-16-14(18)11-15-10-13-5-6-13/h12-13,15H,2-11H2,1H3,(H,16,18). The van der Waals surface area contributed by atoms with Crippen molar-refractivity contribution in [3.8, 4) is 0 Å². The van der Waals surface area contributed by atoms with E-state index in [1.54, 1.807) is 0 Å². The monoisotopic (exact) mass is 253 g/mol. The van der Waals surface area contributed by atoms with Crippen LogP contribution < -0.4 is 10.6 Å². The summed E-state index contributed by atoms with van der Waals surface area (Å²) in [6.07, 6.45) is 6.64. The molecule has 0 aromatic heterocycles. The smallest absolute Gasteiger partial charge is 0.234 e. The number of rotatable bonds is 7. The van der Waals surface area contributed by atoms with E-state index in [-0.39, 0.29) is 5.91 Å². The van der Waals surface area contributed by atoms with Gasteiger partial charge in [0.15, 0.2) is 0 Å². The molecule has 1 amide bonds. The molecule has 1 aliphatic carbocycles. The van der Waals surface area contributed by atoms with Gasteiger partial charge >= 0.3 is 0 Å². The van der Waals surface area contributed by atoms with Crippen LogP contribution >= 0.6 is 0 Å². The van der Waals surface area contributed by atoms with Crippen molar-refractivity contribution in [3.05, 3.63) is 0 Å². The highest BCUT2D eigenvalue weighted by Gasteiger charge is 2.20. The first-order valence-electron chi connectivity index (χ1n) is 7.47. The zero-order valence-corrected chi connectivity index (χ0v) is 11.6. The molecule has 1 heterocycles. The van der Waals surface area contributed by atoms with Crippen LogP contribution in [0.4, 0.5) is 0 Å². The van der Waals surface area contributed by atoms with Crippen LogP contribution in [0.5, 0.6) is 0 Å². The SMILES string of the molecule is CC1CCCCN1CCNC(=O)CNCC1CC1. The summed E-state index contributed by atoms with van der Waals surface area (Å²) in [7, 11) is 0. The van der Waals surface area contributed by atoms with E-state index < -0.39 is 0 Å². The van der Waals surface area contributed by atoms with Crippen molar-refractivity contribution in [2.45, 2.75) is 45.1 Å². The topological polar surface area (TPSA) is 44.4 Å². The summed E-state index contributed by atoms with van der Waals surface area (Å²) in [6, 6.07) is 0.684. The van der Waals surface area contributed by atoms with Crippen molar-refractivity contribution in [1.29, 1.82) is 0 Å². The van der Waals surface area contributed by atoms with Crippen LogP contribution in [0.1, 0.15) is 39.0 Å². The molecule has 2 fully saturated rings. The average molecular weight is 253 g/mol. The first-order valence-corrected chi connectivity index (χ1v) is 7.47. The van der Waals surface area contributed by atoms with E-state index in [1.165, 1.54) is 38.6 Å². The zero-order valence-electron chi connectivity index (χ0n) is 11.6. The highest BCUT2D eigenvalue weighted by atomic mass is 16.1. The van der Waals surface area contributed by atoms with E-state index in [2.05, 4.69) is 22.5 Å². The first-order chi connectivity index (χ1) is 8.75. The fraction of sp³-hybridized carbons (Fsp3) is 0.929. The van der Waals surface area contributed by atoms with Gasteiger partial charge in [0, 0.05) is 19.1 Å². The normalized spacial score (nSPS) is 25.1. The molecule has 4 heteroatoms. The molecular formula is C14H27N3O. The summed E-state index contributed by atoms with van der Waals surface area (Å²) < 4.78 is 0. The number of hydrogen-bond donors (Lipinski definition) is 2. The molecule has 104 valence electrons. The van der Waals surface area contributed by atoms with Gasteiger partial charge < -0.3 is 10.6 Å². The number of likely N-dealkylation sites (tertiary alicyclic amines) is 1. The summed E-state index contributed by atoms with van der Waals surface area (Å²) in [5.74, 6) is 0.979. The van der Waals surface area contributed by atoms with Gasteiger partial charge in [-0.2, -0.15) is 0 Å². The lowest BCUT2D eigenvalue weighted by Crippen LogP contribution is -2.44. The van der Waals surface area contributed by atoms with Gasteiger partial charge in [-0.25, -0.2) is 0 Å². The Morgan fingerprint density at radius 3 is 2.83 bits per heavy atom. The van der Waals surface area contributed by atoms with Crippen molar-refractivity contribution in [3.63, 3.8) is 0 Å². The second-order valence-corrected chi connectivity index (χ2v) is 5.81. The van der Waals surface area contributed by atoms with E-state index in [4.69, 9.17) is 0 Å². The molecule has 1 saturated carbocycles. The summed E-state index contributed by atoms with van der Waals surface area (Å²) >= 11 is 0. The van der Waals surface area contributed by atoms with Crippen molar-refractivity contribution in [2.75, 3.05) is 32.7 Å². The predicted molar refractivity (Wildman–Crippen MR) is 73.5 cm³/mol. The van der Waals surface area contributed by atoms with Crippen LogP contribution in [0, 0.1) is 5.92 Å². The van der Waals surface area contributed by atoms with E-state index >= 15 is 0 Å². The summed E-state index contributed by atoms with van der Waals surface area (Å²) in [4.78, 5) is 14.1. The molecule has 4 nitrogen and oxygen atoms in total. The minimum absolute atomic E-state index is 0.139. The van der Waals surface area contributed by atoms with E-state index in [1.807, 2.05) is 0 Å². The molecule has 2 aliphatic rings.